The van der Waals surface area contributed by atoms with Gasteiger partial charge in [0.15, 0.2) is 0 Å². The lowest BCUT2D eigenvalue weighted by molar-refractivity contribution is -0.145. The van der Waals surface area contributed by atoms with Gasteiger partial charge < -0.3 is 10.4 Å². The van der Waals surface area contributed by atoms with E-state index in [2.05, 4.69) is 11.9 Å². The summed E-state index contributed by atoms with van der Waals surface area (Å²) < 4.78 is 0. The zero-order chi connectivity index (χ0) is 17.7. The van der Waals surface area contributed by atoms with Crippen LogP contribution in [0.4, 0.5) is 4.79 Å². The maximum absolute atomic E-state index is 11.9. The van der Waals surface area contributed by atoms with Crippen molar-refractivity contribution >= 4 is 29.7 Å². The Morgan fingerprint density at radius 2 is 1.83 bits per heavy atom. The molecule has 23 heavy (non-hydrogen) atoms. The number of rotatable bonds is 8. The number of urea groups is 1. The SMILES string of the molecule is C=CCN1C(=O)C(=O)N(CC(=O)N[C@H](C(=O)O)[C@@H](C)CC)C1=O. The molecule has 0 spiro atoms. The van der Waals surface area contributed by atoms with E-state index in [1.807, 2.05) is 0 Å². The predicted octanol–water partition coefficient (Wildman–Crippen LogP) is -0.421. The van der Waals surface area contributed by atoms with E-state index < -0.39 is 42.3 Å². The van der Waals surface area contributed by atoms with Crippen molar-refractivity contribution in [1.82, 2.24) is 15.1 Å². The van der Waals surface area contributed by atoms with Gasteiger partial charge in [-0.3, -0.25) is 19.3 Å². The Morgan fingerprint density at radius 3 is 2.30 bits per heavy atom. The number of nitrogens with zero attached hydrogens (tertiary/aromatic N) is 2. The van der Waals surface area contributed by atoms with E-state index in [-0.39, 0.29) is 12.5 Å². The number of aliphatic carboxylic acids is 1. The van der Waals surface area contributed by atoms with Crippen LogP contribution in [0.1, 0.15) is 20.3 Å². The van der Waals surface area contributed by atoms with Crippen LogP contribution >= 0.6 is 0 Å². The molecular formula is C14H19N3O6. The molecule has 0 radical (unpaired) electrons. The summed E-state index contributed by atoms with van der Waals surface area (Å²) >= 11 is 0. The van der Waals surface area contributed by atoms with Crippen molar-refractivity contribution in [2.24, 2.45) is 5.92 Å². The van der Waals surface area contributed by atoms with Crippen LogP contribution in [-0.4, -0.2) is 63.8 Å². The molecule has 1 saturated heterocycles. The largest absolute Gasteiger partial charge is 0.480 e. The lowest BCUT2D eigenvalue weighted by Gasteiger charge is -2.21. The average Bonchev–Trinajstić information content (AvgIpc) is 2.69. The molecule has 0 aliphatic carbocycles. The highest BCUT2D eigenvalue weighted by molar-refractivity contribution is 6.45. The van der Waals surface area contributed by atoms with E-state index in [1.165, 1.54) is 6.08 Å². The highest BCUT2D eigenvalue weighted by Crippen LogP contribution is 2.12. The van der Waals surface area contributed by atoms with Crippen LogP contribution in [0.15, 0.2) is 12.7 Å². The van der Waals surface area contributed by atoms with Crippen LogP contribution in [0.2, 0.25) is 0 Å². The van der Waals surface area contributed by atoms with Gasteiger partial charge in [-0.1, -0.05) is 26.3 Å². The molecule has 0 unspecified atom stereocenters. The fourth-order valence-corrected chi connectivity index (χ4v) is 2.03. The van der Waals surface area contributed by atoms with E-state index >= 15 is 0 Å². The third kappa shape index (κ3) is 3.93. The molecule has 0 aromatic heterocycles. The molecule has 2 N–H and O–H groups in total. The molecule has 1 aliphatic heterocycles. The highest BCUT2D eigenvalue weighted by atomic mass is 16.4. The van der Waals surface area contributed by atoms with Crippen LogP contribution < -0.4 is 5.32 Å². The molecule has 1 heterocycles. The first kappa shape index (κ1) is 18.3. The molecule has 9 nitrogen and oxygen atoms in total. The van der Waals surface area contributed by atoms with E-state index in [0.29, 0.717) is 16.2 Å². The molecule has 1 fully saturated rings. The van der Waals surface area contributed by atoms with Crippen LogP contribution in [0, 0.1) is 5.92 Å². The second kappa shape index (κ2) is 7.52. The van der Waals surface area contributed by atoms with Gasteiger partial charge in [0.25, 0.3) is 0 Å². The zero-order valence-electron chi connectivity index (χ0n) is 12.9. The fourth-order valence-electron chi connectivity index (χ4n) is 2.03. The normalized spacial score (nSPS) is 17.2. The van der Waals surface area contributed by atoms with Crippen molar-refractivity contribution in [3.05, 3.63) is 12.7 Å². The first-order chi connectivity index (χ1) is 10.7. The number of hydrogen-bond acceptors (Lipinski definition) is 5. The highest BCUT2D eigenvalue weighted by Gasteiger charge is 2.44. The molecule has 5 amide bonds. The predicted molar refractivity (Wildman–Crippen MR) is 78.0 cm³/mol. The van der Waals surface area contributed by atoms with Gasteiger partial charge >= 0.3 is 23.8 Å². The molecule has 0 aromatic carbocycles. The Balaban J connectivity index is 2.79. The van der Waals surface area contributed by atoms with E-state index in [4.69, 9.17) is 5.11 Å². The smallest absolute Gasteiger partial charge is 0.335 e. The number of amides is 5. The van der Waals surface area contributed by atoms with Crippen LogP contribution in [-0.2, 0) is 19.2 Å². The molecule has 0 saturated carbocycles. The summed E-state index contributed by atoms with van der Waals surface area (Å²) in [6, 6.07) is -2.06. The van der Waals surface area contributed by atoms with Crippen molar-refractivity contribution < 1.29 is 29.1 Å². The summed E-state index contributed by atoms with van der Waals surface area (Å²) in [6.45, 7) is 5.94. The third-order valence-electron chi connectivity index (χ3n) is 3.54. The Kier molecular flexibility index (Phi) is 6.00. The third-order valence-corrected chi connectivity index (χ3v) is 3.54. The molecule has 1 aliphatic rings. The Labute approximate surface area is 132 Å². The number of hydrogen-bond donors (Lipinski definition) is 2. The summed E-state index contributed by atoms with van der Waals surface area (Å²) in [5, 5.41) is 11.4. The van der Waals surface area contributed by atoms with Gasteiger partial charge in [-0.15, -0.1) is 6.58 Å². The minimum absolute atomic E-state index is 0.147. The summed E-state index contributed by atoms with van der Waals surface area (Å²) in [5.74, 6) is -4.54. The zero-order valence-corrected chi connectivity index (χ0v) is 12.9. The monoisotopic (exact) mass is 325 g/mol. The Morgan fingerprint density at radius 1 is 1.26 bits per heavy atom. The second-order valence-corrected chi connectivity index (χ2v) is 5.15. The summed E-state index contributed by atoms with van der Waals surface area (Å²) in [7, 11) is 0. The molecule has 9 heteroatoms. The Hall–Kier alpha value is -2.71. The second-order valence-electron chi connectivity index (χ2n) is 5.15. The van der Waals surface area contributed by atoms with Gasteiger partial charge in [-0.05, 0) is 5.92 Å². The summed E-state index contributed by atoms with van der Waals surface area (Å²) in [4.78, 5) is 59.5. The first-order valence-electron chi connectivity index (χ1n) is 7.04. The number of carbonyl (C=O) groups excluding carboxylic acids is 4. The van der Waals surface area contributed by atoms with Gasteiger partial charge in [0.05, 0.1) is 0 Å². The maximum Gasteiger partial charge on any atom is 0.335 e. The molecular weight excluding hydrogens is 306 g/mol. The quantitative estimate of drug-likeness (QED) is 0.355. The van der Waals surface area contributed by atoms with Crippen molar-refractivity contribution in [1.29, 1.82) is 0 Å². The first-order valence-corrected chi connectivity index (χ1v) is 7.04. The van der Waals surface area contributed by atoms with Crippen molar-refractivity contribution in [2.75, 3.05) is 13.1 Å². The van der Waals surface area contributed by atoms with E-state index in [9.17, 15) is 24.0 Å². The summed E-state index contributed by atoms with van der Waals surface area (Å²) in [5.41, 5.74) is 0. The number of carboxylic acid groups (broad SMARTS) is 1. The van der Waals surface area contributed by atoms with Crippen LogP contribution in [0.25, 0.3) is 0 Å². The van der Waals surface area contributed by atoms with Gasteiger partial charge in [-0.2, -0.15) is 0 Å². The number of carboxylic acids is 1. The summed E-state index contributed by atoms with van der Waals surface area (Å²) in [6.07, 6.45) is 1.79. The minimum atomic E-state index is -1.21. The molecule has 0 bridgehead atoms. The van der Waals surface area contributed by atoms with Gasteiger partial charge in [0.1, 0.15) is 12.6 Å². The topological polar surface area (TPSA) is 124 Å². The van der Waals surface area contributed by atoms with Gasteiger partial charge in [0.2, 0.25) is 5.91 Å². The van der Waals surface area contributed by atoms with Crippen molar-refractivity contribution in [3.63, 3.8) is 0 Å². The van der Waals surface area contributed by atoms with E-state index in [1.54, 1.807) is 13.8 Å². The molecule has 1 rings (SSSR count). The number of imide groups is 2. The number of carbonyl (C=O) groups is 5. The number of nitrogens with one attached hydrogen (secondary N) is 1. The van der Waals surface area contributed by atoms with Crippen LogP contribution in [0.3, 0.4) is 0 Å². The van der Waals surface area contributed by atoms with Crippen molar-refractivity contribution in [3.8, 4) is 0 Å². The lowest BCUT2D eigenvalue weighted by atomic mass is 9.99. The molecule has 0 aromatic rings. The standard InChI is InChI=1S/C14H19N3O6/c1-4-6-16-11(19)12(20)17(14(16)23)7-9(18)15-10(13(21)22)8(3)5-2/h4,8,10H,1,5-7H2,2-3H3,(H,15,18)(H,21,22)/t8-,10-/m0/s1. The van der Waals surface area contributed by atoms with Gasteiger partial charge in [-0.25, -0.2) is 14.5 Å². The lowest BCUT2D eigenvalue weighted by Crippen LogP contribution is -2.49. The molecule has 126 valence electrons. The Bertz CT molecular complexity index is 559. The average molecular weight is 325 g/mol. The van der Waals surface area contributed by atoms with Gasteiger partial charge in [0, 0.05) is 6.54 Å². The minimum Gasteiger partial charge on any atom is -0.480 e. The maximum atomic E-state index is 11.9. The molecule has 2 atom stereocenters. The van der Waals surface area contributed by atoms with Crippen LogP contribution in [0.5, 0.6) is 0 Å². The van der Waals surface area contributed by atoms with E-state index in [0.717, 1.165) is 0 Å². The fraction of sp³-hybridized carbons (Fsp3) is 0.500. The van der Waals surface area contributed by atoms with Crippen molar-refractivity contribution in [2.45, 2.75) is 26.3 Å².